The van der Waals surface area contributed by atoms with E-state index in [4.69, 9.17) is 4.74 Å². The van der Waals surface area contributed by atoms with Crippen LogP contribution in [0, 0.1) is 6.92 Å². The minimum atomic E-state index is 0.246. The maximum absolute atomic E-state index is 10.1. The molecule has 4 aromatic rings. The van der Waals surface area contributed by atoms with E-state index in [1.165, 1.54) is 31.2 Å². The third-order valence-electron chi connectivity index (χ3n) is 7.04. The lowest BCUT2D eigenvalue weighted by molar-refractivity contribution is 0.204. The second kappa shape index (κ2) is 12.7. The Morgan fingerprint density at radius 1 is 0.784 bits per heavy atom. The Balaban J connectivity index is 1.50. The molecule has 1 aromatic heterocycles. The van der Waals surface area contributed by atoms with Crippen LogP contribution in [0.25, 0.3) is 22.2 Å². The molecule has 5 heteroatoms. The Kier molecular flexibility index (Phi) is 9.13. The summed E-state index contributed by atoms with van der Waals surface area (Å²) >= 11 is 0. The Hall–Kier alpha value is -3.44. The van der Waals surface area contributed by atoms with E-state index in [0.717, 1.165) is 53.1 Å². The second-order valence-electron chi connectivity index (χ2n) is 9.85. The lowest BCUT2D eigenvalue weighted by atomic mass is 10.1. The van der Waals surface area contributed by atoms with Crippen molar-refractivity contribution < 1.29 is 14.9 Å². The van der Waals surface area contributed by atoms with Crippen molar-refractivity contribution in [2.75, 3.05) is 26.2 Å². The SMILES string of the molecule is CCCCN(CCCC)CCOc1ccc(Cn2c(-c3ccc(O)cc3)c(C)c3cc(O)ccc32)cc1. The van der Waals surface area contributed by atoms with Crippen LogP contribution in [0.15, 0.2) is 66.7 Å². The lowest BCUT2D eigenvalue weighted by Gasteiger charge is -2.22. The Morgan fingerprint density at radius 2 is 1.43 bits per heavy atom. The smallest absolute Gasteiger partial charge is 0.119 e. The summed E-state index contributed by atoms with van der Waals surface area (Å²) in [5.74, 6) is 1.40. The number of phenols is 2. The number of ether oxygens (including phenoxy) is 1. The molecule has 196 valence electrons. The molecular weight excluding hydrogens is 460 g/mol. The second-order valence-corrected chi connectivity index (χ2v) is 9.85. The molecule has 0 saturated carbocycles. The van der Waals surface area contributed by atoms with Crippen molar-refractivity contribution in [2.45, 2.75) is 53.0 Å². The maximum atomic E-state index is 10.1. The monoisotopic (exact) mass is 500 g/mol. The van der Waals surface area contributed by atoms with Crippen LogP contribution < -0.4 is 4.74 Å². The van der Waals surface area contributed by atoms with Gasteiger partial charge in [0.1, 0.15) is 23.9 Å². The predicted octanol–water partition coefficient (Wildman–Crippen LogP) is 7.36. The highest BCUT2D eigenvalue weighted by Gasteiger charge is 2.17. The topological polar surface area (TPSA) is 57.9 Å². The highest BCUT2D eigenvalue weighted by molar-refractivity contribution is 5.92. The van der Waals surface area contributed by atoms with Crippen molar-refractivity contribution in [3.8, 4) is 28.5 Å². The lowest BCUT2D eigenvalue weighted by Crippen LogP contribution is -2.30. The molecule has 0 atom stereocenters. The van der Waals surface area contributed by atoms with Crippen molar-refractivity contribution in [3.63, 3.8) is 0 Å². The van der Waals surface area contributed by atoms with Crippen molar-refractivity contribution in [2.24, 2.45) is 0 Å². The van der Waals surface area contributed by atoms with Gasteiger partial charge in [0, 0.05) is 24.0 Å². The Labute approximate surface area is 220 Å². The average molecular weight is 501 g/mol. The van der Waals surface area contributed by atoms with Gasteiger partial charge in [0.15, 0.2) is 0 Å². The molecule has 0 saturated heterocycles. The Bertz CT molecular complexity index is 1270. The van der Waals surface area contributed by atoms with Crippen LogP contribution in [-0.4, -0.2) is 45.9 Å². The van der Waals surface area contributed by atoms with E-state index >= 15 is 0 Å². The minimum absolute atomic E-state index is 0.246. The highest BCUT2D eigenvalue weighted by Crippen LogP contribution is 2.36. The molecule has 4 rings (SSSR count). The van der Waals surface area contributed by atoms with Gasteiger partial charge in [0.05, 0.1) is 5.69 Å². The molecule has 37 heavy (non-hydrogen) atoms. The fourth-order valence-corrected chi connectivity index (χ4v) is 4.93. The van der Waals surface area contributed by atoms with Crippen molar-refractivity contribution >= 4 is 10.9 Å². The molecule has 3 aromatic carbocycles. The fourth-order valence-electron chi connectivity index (χ4n) is 4.93. The van der Waals surface area contributed by atoms with E-state index in [2.05, 4.69) is 54.5 Å². The van der Waals surface area contributed by atoms with E-state index in [9.17, 15) is 10.2 Å². The molecule has 0 radical (unpaired) electrons. The van der Waals surface area contributed by atoms with Crippen LogP contribution in [0.5, 0.6) is 17.2 Å². The minimum Gasteiger partial charge on any atom is -0.508 e. The zero-order chi connectivity index (χ0) is 26.2. The largest absolute Gasteiger partial charge is 0.508 e. The summed E-state index contributed by atoms with van der Waals surface area (Å²) in [4.78, 5) is 2.52. The summed E-state index contributed by atoms with van der Waals surface area (Å²) in [6.45, 7) is 11.2. The van der Waals surface area contributed by atoms with Gasteiger partial charge in [0.25, 0.3) is 0 Å². The molecule has 0 amide bonds. The van der Waals surface area contributed by atoms with Gasteiger partial charge in [-0.25, -0.2) is 0 Å². The number of hydrogen-bond donors (Lipinski definition) is 2. The molecule has 2 N–H and O–H groups in total. The number of aromatic nitrogens is 1. The highest BCUT2D eigenvalue weighted by atomic mass is 16.5. The Morgan fingerprint density at radius 3 is 2.08 bits per heavy atom. The molecule has 5 nitrogen and oxygen atoms in total. The third-order valence-corrected chi connectivity index (χ3v) is 7.04. The summed E-state index contributed by atoms with van der Waals surface area (Å²) < 4.78 is 8.38. The first-order chi connectivity index (χ1) is 18.0. The van der Waals surface area contributed by atoms with Gasteiger partial charge < -0.3 is 19.5 Å². The van der Waals surface area contributed by atoms with Crippen molar-refractivity contribution in [1.29, 1.82) is 0 Å². The summed E-state index contributed by atoms with van der Waals surface area (Å²) in [7, 11) is 0. The summed E-state index contributed by atoms with van der Waals surface area (Å²) in [5, 5.41) is 20.9. The number of rotatable bonds is 13. The molecule has 0 aliphatic carbocycles. The van der Waals surface area contributed by atoms with E-state index < -0.39 is 0 Å². The standard InChI is InChI=1S/C32H40N2O3/c1-4-6-18-33(19-7-5-2)20-21-37-29-15-8-25(9-16-29)23-34-31-17-14-28(36)22-30(31)24(3)32(34)26-10-12-27(35)13-11-26/h8-17,22,35-36H,4-7,18-21,23H2,1-3H3. The van der Waals surface area contributed by atoms with Crippen LogP contribution in [0.3, 0.4) is 0 Å². The van der Waals surface area contributed by atoms with Crippen LogP contribution in [0.1, 0.15) is 50.7 Å². The van der Waals surface area contributed by atoms with E-state index in [1.807, 2.05) is 24.3 Å². The van der Waals surface area contributed by atoms with Crippen molar-refractivity contribution in [3.05, 3.63) is 77.9 Å². The van der Waals surface area contributed by atoms with Gasteiger partial charge in [-0.2, -0.15) is 0 Å². The summed E-state index contributed by atoms with van der Waals surface area (Å²) in [6, 6.07) is 21.2. The number of aryl methyl sites for hydroxylation is 1. The zero-order valence-electron chi connectivity index (χ0n) is 22.4. The van der Waals surface area contributed by atoms with Crippen LogP contribution in [0.2, 0.25) is 0 Å². The third kappa shape index (κ3) is 6.66. The van der Waals surface area contributed by atoms with Gasteiger partial charge in [-0.15, -0.1) is 0 Å². The summed E-state index contributed by atoms with van der Waals surface area (Å²) in [6.07, 6.45) is 4.91. The molecule has 1 heterocycles. The van der Waals surface area contributed by atoms with Crippen LogP contribution in [0.4, 0.5) is 0 Å². The van der Waals surface area contributed by atoms with E-state index in [-0.39, 0.29) is 11.5 Å². The van der Waals surface area contributed by atoms with Gasteiger partial charge in [-0.3, -0.25) is 4.90 Å². The number of nitrogens with zero attached hydrogens (tertiary/aromatic N) is 2. The molecule has 0 aliphatic heterocycles. The normalized spacial score (nSPS) is 11.5. The summed E-state index contributed by atoms with van der Waals surface area (Å²) in [5.41, 5.74) is 5.46. The van der Waals surface area contributed by atoms with Gasteiger partial charge in [0.2, 0.25) is 0 Å². The average Bonchev–Trinajstić information content (AvgIpc) is 3.17. The number of hydrogen-bond acceptors (Lipinski definition) is 4. The van der Waals surface area contributed by atoms with Crippen LogP contribution >= 0.6 is 0 Å². The number of aromatic hydroxyl groups is 2. The number of benzene rings is 3. The first-order valence-electron chi connectivity index (χ1n) is 13.6. The number of fused-ring (bicyclic) bond motifs is 1. The van der Waals surface area contributed by atoms with Gasteiger partial charge >= 0.3 is 0 Å². The van der Waals surface area contributed by atoms with Crippen molar-refractivity contribution in [1.82, 2.24) is 9.47 Å². The fraction of sp³-hybridized carbons (Fsp3) is 0.375. The molecule has 0 fully saturated rings. The molecule has 0 aliphatic rings. The first-order valence-corrected chi connectivity index (χ1v) is 13.6. The van der Waals surface area contributed by atoms with Crippen LogP contribution in [-0.2, 0) is 6.54 Å². The van der Waals surface area contributed by atoms with E-state index in [0.29, 0.717) is 13.2 Å². The molecular formula is C32H40N2O3. The quantitative estimate of drug-likeness (QED) is 0.201. The van der Waals surface area contributed by atoms with Gasteiger partial charge in [-0.1, -0.05) is 38.8 Å². The van der Waals surface area contributed by atoms with E-state index in [1.54, 1.807) is 18.2 Å². The predicted molar refractivity (Wildman–Crippen MR) is 153 cm³/mol. The van der Waals surface area contributed by atoms with Gasteiger partial charge in [-0.05, 0) is 104 Å². The molecule has 0 unspecified atom stereocenters. The molecule has 0 spiro atoms. The first kappa shape index (κ1) is 26.6. The maximum Gasteiger partial charge on any atom is 0.119 e. The number of phenolic OH excluding ortho intramolecular Hbond substituents is 2. The molecule has 0 bridgehead atoms. The zero-order valence-corrected chi connectivity index (χ0v) is 22.4. The number of unbranched alkanes of at least 4 members (excludes halogenated alkanes) is 2.